The lowest BCUT2D eigenvalue weighted by molar-refractivity contribution is 0.410. The van der Waals surface area contributed by atoms with Crippen LogP contribution in [0.2, 0.25) is 0 Å². The van der Waals surface area contributed by atoms with Crippen LogP contribution in [0.5, 0.6) is 5.75 Å². The van der Waals surface area contributed by atoms with Crippen LogP contribution >= 0.6 is 0 Å². The van der Waals surface area contributed by atoms with Crippen LogP contribution in [-0.4, -0.2) is 20.7 Å². The molecule has 0 aromatic heterocycles. The average Bonchev–Trinajstić information content (AvgIpc) is 3.16. The molecule has 1 N–H and O–H groups in total. The fraction of sp³-hybridized carbons (Fsp3) is 0.375. The smallest absolute Gasteiger partial charge is 0.122 e. The molecule has 0 spiro atoms. The molecule has 1 fully saturated rings. The summed E-state index contributed by atoms with van der Waals surface area (Å²) in [5.41, 5.74) is 1.40. The first-order valence-electron chi connectivity index (χ1n) is 6.55. The molecule has 1 aliphatic carbocycles. The minimum atomic E-state index is 0.651. The Morgan fingerprint density at radius 1 is 1.22 bits per heavy atom. The molecule has 0 amide bonds. The van der Waals surface area contributed by atoms with E-state index in [4.69, 9.17) is 4.74 Å². The number of methoxy groups -OCH3 is 1. The summed E-state index contributed by atoms with van der Waals surface area (Å²) in [6.45, 7) is 1.09. The Morgan fingerprint density at radius 2 is 2.06 bits per heavy atom. The zero-order valence-corrected chi connectivity index (χ0v) is 10.9. The largest absolute Gasteiger partial charge is 0.496 e. The van der Waals surface area contributed by atoms with Crippen LogP contribution in [0.25, 0.3) is 10.8 Å². The summed E-state index contributed by atoms with van der Waals surface area (Å²) in [5.74, 6) is 2.45. The third-order valence-corrected chi connectivity index (χ3v) is 3.91. The maximum Gasteiger partial charge on any atom is 0.122 e. The van der Waals surface area contributed by atoms with Gasteiger partial charge in [-0.3, -0.25) is 0 Å². The molecule has 94 valence electrons. The van der Waals surface area contributed by atoms with E-state index >= 15 is 0 Å². The van der Waals surface area contributed by atoms with Crippen molar-refractivity contribution in [2.45, 2.75) is 12.3 Å². The van der Waals surface area contributed by atoms with Gasteiger partial charge in [0.15, 0.2) is 0 Å². The Balaban J connectivity index is 2.08. The molecular weight excluding hydrogens is 222 g/mol. The first-order chi connectivity index (χ1) is 8.85. The zero-order valence-electron chi connectivity index (χ0n) is 10.9. The van der Waals surface area contributed by atoms with Crippen LogP contribution in [0.15, 0.2) is 36.4 Å². The Morgan fingerprint density at radius 3 is 2.83 bits per heavy atom. The van der Waals surface area contributed by atoms with Gasteiger partial charge in [0, 0.05) is 5.56 Å². The highest BCUT2D eigenvalue weighted by Gasteiger charge is 2.40. The number of ether oxygens (including phenoxy) is 1. The second-order valence-electron chi connectivity index (χ2n) is 5.06. The first-order valence-corrected chi connectivity index (χ1v) is 6.55. The van der Waals surface area contributed by atoms with Crippen LogP contribution in [0.1, 0.15) is 17.9 Å². The summed E-state index contributed by atoms with van der Waals surface area (Å²) in [4.78, 5) is 0. The van der Waals surface area contributed by atoms with Crippen LogP contribution in [-0.2, 0) is 0 Å². The molecule has 2 atom stereocenters. The van der Waals surface area contributed by atoms with Gasteiger partial charge in [-0.15, -0.1) is 0 Å². The highest BCUT2D eigenvalue weighted by atomic mass is 16.5. The molecule has 1 aliphatic rings. The third-order valence-electron chi connectivity index (χ3n) is 3.91. The van der Waals surface area contributed by atoms with E-state index < -0.39 is 0 Å². The van der Waals surface area contributed by atoms with Crippen molar-refractivity contribution in [3.8, 4) is 5.75 Å². The standard InChI is InChI=1S/C16H19NO/c1-17-10-12-9-14(12)16-13-6-4-3-5-11(13)7-8-15(16)18-2/h3-8,12,14,17H,9-10H2,1-2H3/t12-,14+/m1/s1. The highest BCUT2D eigenvalue weighted by molar-refractivity contribution is 5.88. The molecule has 1 saturated carbocycles. The number of hydrogen-bond acceptors (Lipinski definition) is 2. The van der Waals surface area contributed by atoms with Crippen molar-refractivity contribution in [1.82, 2.24) is 5.32 Å². The Hall–Kier alpha value is -1.54. The Labute approximate surface area is 108 Å². The number of hydrogen-bond donors (Lipinski definition) is 1. The van der Waals surface area contributed by atoms with Gasteiger partial charge in [-0.25, -0.2) is 0 Å². The fourth-order valence-electron chi connectivity index (χ4n) is 2.92. The van der Waals surface area contributed by atoms with E-state index in [0.717, 1.165) is 18.2 Å². The van der Waals surface area contributed by atoms with Crippen LogP contribution in [0.3, 0.4) is 0 Å². The molecule has 2 heteroatoms. The molecule has 0 heterocycles. The van der Waals surface area contributed by atoms with Crippen molar-refractivity contribution in [2.75, 3.05) is 20.7 Å². The normalized spacial score (nSPS) is 22.1. The van der Waals surface area contributed by atoms with Gasteiger partial charge in [-0.1, -0.05) is 30.3 Å². The summed E-state index contributed by atoms with van der Waals surface area (Å²) < 4.78 is 5.56. The Bertz CT molecular complexity index is 564. The van der Waals surface area contributed by atoms with Gasteiger partial charge < -0.3 is 10.1 Å². The highest BCUT2D eigenvalue weighted by Crippen LogP contribution is 2.52. The molecule has 2 aromatic carbocycles. The molecule has 18 heavy (non-hydrogen) atoms. The lowest BCUT2D eigenvalue weighted by Gasteiger charge is -2.12. The van der Waals surface area contributed by atoms with Crippen molar-refractivity contribution >= 4 is 10.8 Å². The fourth-order valence-corrected chi connectivity index (χ4v) is 2.92. The minimum Gasteiger partial charge on any atom is -0.496 e. The number of fused-ring (bicyclic) bond motifs is 1. The monoisotopic (exact) mass is 241 g/mol. The summed E-state index contributed by atoms with van der Waals surface area (Å²) >= 11 is 0. The van der Waals surface area contributed by atoms with E-state index in [1.54, 1.807) is 7.11 Å². The predicted octanol–water partition coefficient (Wildman–Crippen LogP) is 3.17. The molecule has 0 bridgehead atoms. The molecule has 2 nitrogen and oxygen atoms in total. The molecule has 0 aliphatic heterocycles. The van der Waals surface area contributed by atoms with E-state index in [1.807, 2.05) is 7.05 Å². The number of benzene rings is 2. The average molecular weight is 241 g/mol. The van der Waals surface area contributed by atoms with Crippen LogP contribution in [0, 0.1) is 5.92 Å². The van der Waals surface area contributed by atoms with Gasteiger partial charge in [-0.05, 0) is 48.7 Å². The second kappa shape index (κ2) is 4.62. The summed E-state index contributed by atoms with van der Waals surface area (Å²) in [5, 5.41) is 5.93. The molecule has 0 radical (unpaired) electrons. The van der Waals surface area contributed by atoms with E-state index in [-0.39, 0.29) is 0 Å². The lowest BCUT2D eigenvalue weighted by atomic mass is 9.99. The van der Waals surface area contributed by atoms with Gasteiger partial charge in [-0.2, -0.15) is 0 Å². The topological polar surface area (TPSA) is 21.3 Å². The van der Waals surface area contributed by atoms with E-state index in [9.17, 15) is 0 Å². The maximum absolute atomic E-state index is 5.56. The van der Waals surface area contributed by atoms with Gasteiger partial charge in [0.25, 0.3) is 0 Å². The van der Waals surface area contributed by atoms with Crippen LogP contribution in [0.4, 0.5) is 0 Å². The van der Waals surface area contributed by atoms with Crippen molar-refractivity contribution in [3.63, 3.8) is 0 Å². The van der Waals surface area contributed by atoms with Crippen molar-refractivity contribution in [2.24, 2.45) is 5.92 Å². The summed E-state index contributed by atoms with van der Waals surface area (Å²) in [7, 11) is 3.79. The van der Waals surface area contributed by atoms with Gasteiger partial charge in [0.05, 0.1) is 7.11 Å². The number of nitrogens with one attached hydrogen (secondary N) is 1. The van der Waals surface area contributed by atoms with E-state index in [2.05, 4.69) is 41.7 Å². The van der Waals surface area contributed by atoms with Gasteiger partial charge >= 0.3 is 0 Å². The minimum absolute atomic E-state index is 0.651. The predicted molar refractivity (Wildman–Crippen MR) is 75.3 cm³/mol. The summed E-state index contributed by atoms with van der Waals surface area (Å²) in [6, 6.07) is 12.8. The van der Waals surface area contributed by atoms with Crippen LogP contribution < -0.4 is 10.1 Å². The molecule has 2 aromatic rings. The van der Waals surface area contributed by atoms with Crippen molar-refractivity contribution < 1.29 is 4.74 Å². The van der Waals surface area contributed by atoms with Crippen molar-refractivity contribution in [1.29, 1.82) is 0 Å². The molecule has 0 unspecified atom stereocenters. The Kier molecular flexibility index (Phi) is 2.96. The second-order valence-corrected chi connectivity index (χ2v) is 5.06. The van der Waals surface area contributed by atoms with Gasteiger partial charge in [0.1, 0.15) is 5.75 Å². The van der Waals surface area contributed by atoms with E-state index in [0.29, 0.717) is 5.92 Å². The lowest BCUT2D eigenvalue weighted by Crippen LogP contribution is -2.10. The van der Waals surface area contributed by atoms with E-state index in [1.165, 1.54) is 22.8 Å². The summed E-state index contributed by atoms with van der Waals surface area (Å²) in [6.07, 6.45) is 1.27. The molecule has 0 saturated heterocycles. The number of rotatable bonds is 4. The van der Waals surface area contributed by atoms with Gasteiger partial charge in [0.2, 0.25) is 0 Å². The van der Waals surface area contributed by atoms with Crippen molar-refractivity contribution in [3.05, 3.63) is 42.0 Å². The third kappa shape index (κ3) is 1.87. The quantitative estimate of drug-likeness (QED) is 0.887. The molecule has 3 rings (SSSR count). The first kappa shape index (κ1) is 11.5. The molecular formula is C16H19NO. The SMILES string of the molecule is CNC[C@H]1C[C@@H]1c1c(OC)ccc2ccccc12. The maximum atomic E-state index is 5.56. The zero-order chi connectivity index (χ0) is 12.5.